The number of para-hydroxylation sites is 1. The first kappa shape index (κ1) is 21.8. The molecule has 0 spiro atoms. The van der Waals surface area contributed by atoms with E-state index in [1.54, 1.807) is 42.5 Å². The van der Waals surface area contributed by atoms with Gasteiger partial charge in [0.05, 0.1) is 11.3 Å². The first-order valence-corrected chi connectivity index (χ1v) is 9.77. The van der Waals surface area contributed by atoms with Gasteiger partial charge in [0.25, 0.3) is 11.8 Å². The van der Waals surface area contributed by atoms with Crippen LogP contribution in [0.5, 0.6) is 5.75 Å². The molecule has 3 aromatic carbocycles. The van der Waals surface area contributed by atoms with E-state index >= 15 is 0 Å². The van der Waals surface area contributed by atoms with Crippen LogP contribution < -0.4 is 9.64 Å². The second-order valence-corrected chi connectivity index (χ2v) is 7.08. The molecule has 0 atom stereocenters. The van der Waals surface area contributed by atoms with Gasteiger partial charge < -0.3 is 4.74 Å². The van der Waals surface area contributed by atoms with Gasteiger partial charge in [-0.2, -0.15) is 18.4 Å². The fraction of sp³-hybridized carbons (Fsp3) is 0.0800. The molecule has 4 rings (SSSR count). The molecule has 1 aliphatic rings. The first-order valence-electron chi connectivity index (χ1n) is 9.77. The Morgan fingerprint density at radius 2 is 1.61 bits per heavy atom. The molecule has 0 saturated heterocycles. The minimum atomic E-state index is -4.63. The summed E-state index contributed by atoms with van der Waals surface area (Å²) in [6, 6.07) is 19.0. The maximum Gasteiger partial charge on any atom is 0.416 e. The molecule has 0 radical (unpaired) electrons. The fourth-order valence-corrected chi connectivity index (χ4v) is 3.54. The Morgan fingerprint density at radius 1 is 0.909 bits per heavy atom. The Balaban J connectivity index is 1.87. The van der Waals surface area contributed by atoms with Gasteiger partial charge in [0, 0.05) is 16.7 Å². The van der Waals surface area contributed by atoms with Crippen LogP contribution in [0.3, 0.4) is 0 Å². The third-order valence-electron chi connectivity index (χ3n) is 5.03. The highest BCUT2D eigenvalue weighted by Crippen LogP contribution is 2.37. The van der Waals surface area contributed by atoms with Crippen LogP contribution in [0.1, 0.15) is 27.0 Å². The van der Waals surface area contributed by atoms with Gasteiger partial charge in [0.15, 0.2) is 6.61 Å². The van der Waals surface area contributed by atoms with Gasteiger partial charge in [0.1, 0.15) is 11.8 Å². The minimum Gasteiger partial charge on any atom is -0.478 e. The number of halogens is 3. The number of nitrogens with zero attached hydrogens (tertiary/aromatic N) is 2. The van der Waals surface area contributed by atoms with Gasteiger partial charge >= 0.3 is 6.18 Å². The van der Waals surface area contributed by atoms with Crippen molar-refractivity contribution in [2.24, 2.45) is 0 Å². The van der Waals surface area contributed by atoms with E-state index in [0.29, 0.717) is 16.9 Å². The molecule has 3 aromatic rings. The topological polar surface area (TPSA) is 70.4 Å². The van der Waals surface area contributed by atoms with E-state index in [9.17, 15) is 22.8 Å². The van der Waals surface area contributed by atoms with Crippen molar-refractivity contribution in [2.45, 2.75) is 6.18 Å². The third-order valence-corrected chi connectivity index (χ3v) is 5.03. The molecule has 0 fully saturated rings. The number of amides is 2. The van der Waals surface area contributed by atoms with E-state index in [1.165, 1.54) is 18.2 Å². The largest absolute Gasteiger partial charge is 0.478 e. The summed E-state index contributed by atoms with van der Waals surface area (Å²) in [6.07, 6.45) is -3.13. The van der Waals surface area contributed by atoms with E-state index in [2.05, 4.69) is 0 Å². The lowest BCUT2D eigenvalue weighted by molar-refractivity contribution is -0.137. The smallest absolute Gasteiger partial charge is 0.416 e. The number of imide groups is 1. The molecule has 0 bridgehead atoms. The lowest BCUT2D eigenvalue weighted by atomic mass is 9.91. The summed E-state index contributed by atoms with van der Waals surface area (Å²) in [5.41, 5.74) is -0.0451. The zero-order valence-corrected chi connectivity index (χ0v) is 17.0. The van der Waals surface area contributed by atoms with Crippen molar-refractivity contribution in [2.75, 3.05) is 11.5 Å². The minimum absolute atomic E-state index is 0.107. The van der Waals surface area contributed by atoms with E-state index in [0.717, 1.165) is 23.1 Å². The summed E-state index contributed by atoms with van der Waals surface area (Å²) in [5.74, 6) is -1.14. The molecule has 2 amide bonds. The van der Waals surface area contributed by atoms with Gasteiger partial charge in [-0.1, -0.05) is 42.5 Å². The van der Waals surface area contributed by atoms with Crippen molar-refractivity contribution >= 4 is 29.2 Å². The van der Waals surface area contributed by atoms with Crippen molar-refractivity contribution in [1.82, 2.24) is 0 Å². The maximum absolute atomic E-state index is 13.5. The molecule has 0 N–H and O–H groups in total. The predicted octanol–water partition coefficient (Wildman–Crippen LogP) is 5.34. The summed E-state index contributed by atoms with van der Waals surface area (Å²) in [7, 11) is 0. The van der Waals surface area contributed by atoms with Gasteiger partial charge in [0.2, 0.25) is 0 Å². The van der Waals surface area contributed by atoms with E-state index < -0.39 is 23.6 Å². The number of fused-ring (bicyclic) bond motifs is 1. The second-order valence-electron chi connectivity index (χ2n) is 7.08. The van der Waals surface area contributed by atoms with Crippen molar-refractivity contribution in [3.63, 3.8) is 0 Å². The number of ether oxygens (including phenoxy) is 1. The summed E-state index contributed by atoms with van der Waals surface area (Å²) >= 11 is 0. The number of nitriles is 1. The SMILES string of the molecule is N#CCOc1ccccc1/C=C1\C(=O)N(c2cccc(C(F)(F)F)c2)C(=O)c2ccccc21. The summed E-state index contributed by atoms with van der Waals surface area (Å²) in [4.78, 5) is 27.3. The Kier molecular flexibility index (Phi) is 5.71. The number of carbonyl (C=O) groups excluding carboxylic acids is 2. The molecular weight excluding hydrogens is 433 g/mol. The van der Waals surface area contributed by atoms with Crippen LogP contribution in [-0.2, 0) is 11.0 Å². The average molecular weight is 448 g/mol. The van der Waals surface area contributed by atoms with Gasteiger partial charge in [-0.15, -0.1) is 0 Å². The van der Waals surface area contributed by atoms with Gasteiger partial charge in [-0.3, -0.25) is 9.59 Å². The quantitative estimate of drug-likeness (QED) is 0.399. The van der Waals surface area contributed by atoms with E-state index in [-0.39, 0.29) is 23.4 Å². The Bertz CT molecular complexity index is 1320. The van der Waals surface area contributed by atoms with Crippen molar-refractivity contribution < 1.29 is 27.5 Å². The molecule has 0 unspecified atom stereocenters. The van der Waals surface area contributed by atoms with Crippen molar-refractivity contribution in [3.8, 4) is 11.8 Å². The lowest BCUT2D eigenvalue weighted by Gasteiger charge is -2.29. The zero-order valence-electron chi connectivity index (χ0n) is 17.0. The van der Waals surface area contributed by atoms with Crippen molar-refractivity contribution in [1.29, 1.82) is 5.26 Å². The number of hydrogen-bond acceptors (Lipinski definition) is 4. The number of hydrogen-bond donors (Lipinski definition) is 0. The summed E-state index contributed by atoms with van der Waals surface area (Å²) in [6.45, 7) is -0.209. The normalized spacial score (nSPS) is 14.7. The second kappa shape index (κ2) is 8.63. The molecule has 1 aliphatic heterocycles. The number of rotatable bonds is 4. The first-order chi connectivity index (χ1) is 15.8. The third kappa shape index (κ3) is 4.21. The summed E-state index contributed by atoms with van der Waals surface area (Å²) in [5, 5.41) is 8.81. The molecule has 8 heteroatoms. The molecule has 164 valence electrons. The summed E-state index contributed by atoms with van der Waals surface area (Å²) < 4.78 is 45.1. The number of anilines is 1. The monoisotopic (exact) mass is 448 g/mol. The molecule has 1 heterocycles. The highest BCUT2D eigenvalue weighted by atomic mass is 19.4. The predicted molar refractivity (Wildman–Crippen MR) is 115 cm³/mol. The molecule has 5 nitrogen and oxygen atoms in total. The van der Waals surface area contributed by atoms with Gasteiger partial charge in [-0.25, -0.2) is 4.90 Å². The average Bonchev–Trinajstić information content (AvgIpc) is 2.81. The van der Waals surface area contributed by atoms with Crippen LogP contribution in [0, 0.1) is 11.3 Å². The highest BCUT2D eigenvalue weighted by Gasteiger charge is 2.37. The maximum atomic E-state index is 13.5. The Labute approximate surface area is 186 Å². The van der Waals surface area contributed by atoms with Crippen molar-refractivity contribution in [3.05, 3.63) is 95.1 Å². The highest BCUT2D eigenvalue weighted by molar-refractivity contribution is 6.43. The molecular formula is C25H15F3N2O3. The fourth-order valence-electron chi connectivity index (χ4n) is 3.54. The molecule has 0 aromatic heterocycles. The van der Waals surface area contributed by atoms with Crippen LogP contribution in [0.15, 0.2) is 72.8 Å². The number of carbonyl (C=O) groups is 2. The zero-order chi connectivity index (χ0) is 23.6. The van der Waals surface area contributed by atoms with Crippen LogP contribution in [0.2, 0.25) is 0 Å². The van der Waals surface area contributed by atoms with Crippen LogP contribution in [0.25, 0.3) is 11.6 Å². The Morgan fingerprint density at radius 3 is 2.33 bits per heavy atom. The standard InChI is InChI=1S/C25H15F3N2O3/c26-25(27,28)17-7-5-8-18(15-17)30-23(31)20-10-3-2-9-19(20)21(24(30)32)14-16-6-1-4-11-22(16)33-13-12-29/h1-11,14-15H,13H2/b21-14-. The molecule has 0 aliphatic carbocycles. The number of alkyl halides is 3. The van der Waals surface area contributed by atoms with Crippen LogP contribution >= 0.6 is 0 Å². The van der Waals surface area contributed by atoms with E-state index in [1.807, 2.05) is 6.07 Å². The van der Waals surface area contributed by atoms with E-state index in [4.69, 9.17) is 10.00 Å². The van der Waals surface area contributed by atoms with Crippen LogP contribution in [0.4, 0.5) is 18.9 Å². The molecule has 33 heavy (non-hydrogen) atoms. The Hall–Kier alpha value is -4.38. The van der Waals surface area contributed by atoms with Gasteiger partial charge in [-0.05, 0) is 42.0 Å². The van der Waals surface area contributed by atoms with Crippen LogP contribution in [-0.4, -0.2) is 18.4 Å². The number of benzene rings is 3. The molecule has 0 saturated carbocycles. The lowest BCUT2D eigenvalue weighted by Crippen LogP contribution is -2.41.